The van der Waals surface area contributed by atoms with E-state index in [-0.39, 0.29) is 18.1 Å². The van der Waals surface area contributed by atoms with Crippen molar-refractivity contribution in [2.75, 3.05) is 0 Å². The Labute approximate surface area is 208 Å². The van der Waals surface area contributed by atoms with Crippen molar-refractivity contribution in [1.82, 2.24) is 4.98 Å². The predicted molar refractivity (Wildman–Crippen MR) is 132 cm³/mol. The minimum atomic E-state index is -1.02. The van der Waals surface area contributed by atoms with Crippen molar-refractivity contribution in [1.29, 1.82) is 0 Å². The van der Waals surface area contributed by atoms with Crippen LogP contribution in [-0.4, -0.2) is 27.9 Å². The zero-order chi connectivity index (χ0) is 25.0. The summed E-state index contributed by atoms with van der Waals surface area (Å²) in [6.45, 7) is 7.54. The van der Waals surface area contributed by atoms with Crippen LogP contribution in [0.5, 0.6) is 5.75 Å². The number of hydrogen-bond donors (Lipinski definition) is 1. The second-order valence-electron chi connectivity index (χ2n) is 8.37. The summed E-state index contributed by atoms with van der Waals surface area (Å²) in [5, 5.41) is 10.2. The molecular formula is C26H27Cl2NO5. The van der Waals surface area contributed by atoms with Gasteiger partial charge in [0.1, 0.15) is 11.5 Å². The van der Waals surface area contributed by atoms with Gasteiger partial charge in [0.2, 0.25) is 5.89 Å². The third kappa shape index (κ3) is 5.99. The Kier molecular flexibility index (Phi) is 8.39. The summed E-state index contributed by atoms with van der Waals surface area (Å²) in [5.74, 6) is 0.575. The van der Waals surface area contributed by atoms with Crippen LogP contribution in [0.1, 0.15) is 66.9 Å². The molecule has 1 heterocycles. The van der Waals surface area contributed by atoms with Crippen molar-refractivity contribution in [3.63, 3.8) is 0 Å². The van der Waals surface area contributed by atoms with Gasteiger partial charge in [-0.2, -0.15) is 0 Å². The Morgan fingerprint density at radius 3 is 2.47 bits per heavy atom. The number of carbonyl (C=O) groups excluding carboxylic acids is 1. The highest BCUT2D eigenvalue weighted by Gasteiger charge is 2.21. The van der Waals surface area contributed by atoms with Crippen LogP contribution in [0.2, 0.25) is 10.0 Å². The van der Waals surface area contributed by atoms with Crippen LogP contribution >= 0.6 is 23.2 Å². The van der Waals surface area contributed by atoms with Gasteiger partial charge in [-0.05, 0) is 55.3 Å². The third-order valence-electron chi connectivity index (χ3n) is 5.41. The Balaban J connectivity index is 1.76. The van der Waals surface area contributed by atoms with Gasteiger partial charge in [0.15, 0.2) is 11.9 Å². The summed E-state index contributed by atoms with van der Waals surface area (Å²) in [4.78, 5) is 28.8. The number of aliphatic carboxylic acids is 1. The highest BCUT2D eigenvalue weighted by atomic mass is 35.5. The molecule has 1 aromatic heterocycles. The van der Waals surface area contributed by atoms with Gasteiger partial charge >= 0.3 is 5.97 Å². The second-order valence-corrected chi connectivity index (χ2v) is 9.21. The monoisotopic (exact) mass is 503 g/mol. The molecule has 0 aliphatic heterocycles. The highest BCUT2D eigenvalue weighted by Crippen LogP contribution is 2.33. The average molecular weight is 504 g/mol. The van der Waals surface area contributed by atoms with Gasteiger partial charge in [0, 0.05) is 29.3 Å². The fraction of sp³-hybridized carbons (Fsp3) is 0.346. The summed E-state index contributed by atoms with van der Waals surface area (Å²) in [6.07, 6.45) is 0.0705. The van der Waals surface area contributed by atoms with Gasteiger partial charge < -0.3 is 14.3 Å². The molecular weight excluding hydrogens is 477 g/mol. The van der Waals surface area contributed by atoms with Crippen molar-refractivity contribution < 1.29 is 23.8 Å². The van der Waals surface area contributed by atoms with E-state index in [1.165, 1.54) is 0 Å². The number of hydrogen-bond acceptors (Lipinski definition) is 5. The number of ketones is 1. The molecule has 0 spiro atoms. The van der Waals surface area contributed by atoms with Crippen LogP contribution in [0.15, 0.2) is 40.8 Å². The zero-order valence-electron chi connectivity index (χ0n) is 19.5. The van der Waals surface area contributed by atoms with Crippen molar-refractivity contribution in [3.8, 4) is 17.2 Å². The number of carboxylic acids is 1. The number of benzene rings is 2. The predicted octanol–water partition coefficient (Wildman–Crippen LogP) is 7.14. The molecule has 34 heavy (non-hydrogen) atoms. The first kappa shape index (κ1) is 25.8. The zero-order valence-corrected chi connectivity index (χ0v) is 21.0. The summed E-state index contributed by atoms with van der Waals surface area (Å²) in [5.41, 5.74) is 2.59. The van der Waals surface area contributed by atoms with Gasteiger partial charge in [-0.3, -0.25) is 4.79 Å². The minimum absolute atomic E-state index is 0.0521. The number of ether oxygens (including phenoxy) is 1. The first-order valence-corrected chi connectivity index (χ1v) is 11.8. The Hall–Kier alpha value is -2.83. The van der Waals surface area contributed by atoms with Crippen LogP contribution in [0, 0.1) is 6.92 Å². The smallest absolute Gasteiger partial charge is 0.344 e. The molecule has 8 heteroatoms. The van der Waals surface area contributed by atoms with E-state index in [1.807, 2.05) is 13.8 Å². The molecule has 6 nitrogen and oxygen atoms in total. The number of carbonyl (C=O) groups is 2. The van der Waals surface area contributed by atoms with Crippen molar-refractivity contribution in [3.05, 3.63) is 69.0 Å². The molecule has 180 valence electrons. The molecule has 1 N–H and O–H groups in total. The van der Waals surface area contributed by atoms with Crippen molar-refractivity contribution in [2.24, 2.45) is 0 Å². The van der Waals surface area contributed by atoms with Crippen LogP contribution in [0.3, 0.4) is 0 Å². The normalized spacial score (nSPS) is 12.1. The van der Waals surface area contributed by atoms with E-state index < -0.39 is 12.1 Å². The molecule has 0 aliphatic carbocycles. The van der Waals surface area contributed by atoms with Gasteiger partial charge in [-0.25, -0.2) is 9.78 Å². The Morgan fingerprint density at radius 1 is 1.15 bits per heavy atom. The topological polar surface area (TPSA) is 89.6 Å². The number of oxazole rings is 1. The van der Waals surface area contributed by atoms with Crippen molar-refractivity contribution >= 4 is 35.0 Å². The standard InChI is InChI=1S/C26H27Cl2NO5/c1-5-22(26(31)32)33-23-11-6-16(12-15(23)4)21(30)10-9-20-24(14(2)3)34-25(29-20)18-8-7-17(27)13-19(18)28/h6-8,11-14,22H,5,9-10H2,1-4H3,(H,31,32). The summed E-state index contributed by atoms with van der Waals surface area (Å²) in [7, 11) is 0. The van der Waals surface area contributed by atoms with Crippen LogP contribution < -0.4 is 4.74 Å². The lowest BCUT2D eigenvalue weighted by Gasteiger charge is -2.15. The molecule has 0 bridgehead atoms. The van der Waals surface area contributed by atoms with E-state index in [9.17, 15) is 14.7 Å². The van der Waals surface area contributed by atoms with Gasteiger partial charge in [-0.15, -0.1) is 0 Å². The van der Waals surface area contributed by atoms with Crippen LogP contribution in [0.25, 0.3) is 11.5 Å². The maximum atomic E-state index is 12.9. The fourth-order valence-electron chi connectivity index (χ4n) is 3.56. The third-order valence-corrected chi connectivity index (χ3v) is 5.96. The summed E-state index contributed by atoms with van der Waals surface area (Å²) in [6, 6.07) is 10.1. The van der Waals surface area contributed by atoms with E-state index >= 15 is 0 Å². The van der Waals surface area contributed by atoms with E-state index in [0.717, 1.165) is 0 Å². The number of Topliss-reactive ketones (excluding diaryl/α,β-unsaturated/α-hetero) is 1. The lowest BCUT2D eigenvalue weighted by molar-refractivity contribution is -0.145. The largest absolute Gasteiger partial charge is 0.479 e. The number of aromatic nitrogens is 1. The van der Waals surface area contributed by atoms with Crippen LogP contribution in [0.4, 0.5) is 0 Å². The molecule has 0 saturated heterocycles. The SMILES string of the molecule is CCC(Oc1ccc(C(=O)CCc2nc(-c3ccc(Cl)cc3Cl)oc2C(C)C)cc1C)C(=O)O. The molecule has 0 aliphatic rings. The molecule has 0 radical (unpaired) electrons. The molecule has 3 aromatic rings. The summed E-state index contributed by atoms with van der Waals surface area (Å²) >= 11 is 12.3. The van der Waals surface area contributed by atoms with Gasteiger partial charge in [0.05, 0.1) is 16.3 Å². The number of aryl methyl sites for hydroxylation is 2. The number of carboxylic acid groups (broad SMARTS) is 1. The molecule has 3 rings (SSSR count). The highest BCUT2D eigenvalue weighted by molar-refractivity contribution is 6.36. The minimum Gasteiger partial charge on any atom is -0.479 e. The average Bonchev–Trinajstić information content (AvgIpc) is 3.20. The molecule has 0 fully saturated rings. The molecule has 0 saturated carbocycles. The Morgan fingerprint density at radius 2 is 1.88 bits per heavy atom. The first-order chi connectivity index (χ1) is 16.1. The van der Waals surface area contributed by atoms with E-state index in [2.05, 4.69) is 4.98 Å². The first-order valence-electron chi connectivity index (χ1n) is 11.1. The number of rotatable bonds is 10. The second kappa shape index (κ2) is 11.1. The summed E-state index contributed by atoms with van der Waals surface area (Å²) < 4.78 is 11.6. The number of nitrogens with zero attached hydrogens (tertiary/aromatic N) is 1. The van der Waals surface area contributed by atoms with E-state index in [0.29, 0.717) is 62.7 Å². The van der Waals surface area contributed by atoms with Crippen LogP contribution in [-0.2, 0) is 11.2 Å². The maximum Gasteiger partial charge on any atom is 0.344 e. The molecule has 1 atom stereocenters. The maximum absolute atomic E-state index is 12.9. The van der Waals surface area contributed by atoms with E-state index in [4.69, 9.17) is 32.4 Å². The lowest BCUT2D eigenvalue weighted by Crippen LogP contribution is -2.26. The molecule has 0 amide bonds. The quantitative estimate of drug-likeness (QED) is 0.295. The van der Waals surface area contributed by atoms with Gasteiger partial charge in [-0.1, -0.05) is 44.0 Å². The van der Waals surface area contributed by atoms with Gasteiger partial charge in [0.25, 0.3) is 0 Å². The van der Waals surface area contributed by atoms with E-state index in [1.54, 1.807) is 50.2 Å². The molecule has 2 aromatic carbocycles. The molecule has 1 unspecified atom stereocenters. The lowest BCUT2D eigenvalue weighted by atomic mass is 10.0. The fourth-order valence-corrected chi connectivity index (χ4v) is 4.05. The Bertz CT molecular complexity index is 1200. The van der Waals surface area contributed by atoms with Crippen molar-refractivity contribution in [2.45, 2.75) is 59.0 Å². The number of halogens is 2.